The summed E-state index contributed by atoms with van der Waals surface area (Å²) in [6, 6.07) is 1.84. The first-order valence-corrected chi connectivity index (χ1v) is 7.58. The SMILES string of the molecule is Cc1cc(OC(C)C)nc(NCCc2nc(C)cs2)n1. The van der Waals surface area contributed by atoms with Gasteiger partial charge >= 0.3 is 0 Å². The topological polar surface area (TPSA) is 59.9 Å². The van der Waals surface area contributed by atoms with E-state index in [1.165, 1.54) is 0 Å². The Morgan fingerprint density at radius 3 is 2.65 bits per heavy atom. The van der Waals surface area contributed by atoms with Crippen LogP contribution in [0.3, 0.4) is 0 Å². The Balaban J connectivity index is 1.93. The number of hydrogen-bond donors (Lipinski definition) is 1. The highest BCUT2D eigenvalue weighted by molar-refractivity contribution is 7.09. The van der Waals surface area contributed by atoms with Crippen LogP contribution in [0.15, 0.2) is 11.4 Å². The van der Waals surface area contributed by atoms with Crippen LogP contribution in [0.2, 0.25) is 0 Å². The molecule has 2 heterocycles. The Morgan fingerprint density at radius 2 is 2.00 bits per heavy atom. The first-order chi connectivity index (χ1) is 9.52. The van der Waals surface area contributed by atoms with Gasteiger partial charge in [-0.15, -0.1) is 11.3 Å². The zero-order valence-electron chi connectivity index (χ0n) is 12.3. The molecule has 0 atom stereocenters. The number of rotatable bonds is 6. The summed E-state index contributed by atoms with van der Waals surface area (Å²) in [7, 11) is 0. The van der Waals surface area contributed by atoms with Gasteiger partial charge in [-0.2, -0.15) is 4.98 Å². The van der Waals surface area contributed by atoms with Gasteiger partial charge in [0.15, 0.2) is 0 Å². The molecule has 5 nitrogen and oxygen atoms in total. The quantitative estimate of drug-likeness (QED) is 0.887. The molecule has 20 heavy (non-hydrogen) atoms. The third kappa shape index (κ3) is 4.45. The summed E-state index contributed by atoms with van der Waals surface area (Å²) < 4.78 is 5.60. The molecule has 108 valence electrons. The third-order valence-corrected chi connectivity index (χ3v) is 3.50. The third-order valence-electron chi connectivity index (χ3n) is 2.48. The van der Waals surface area contributed by atoms with Crippen LogP contribution in [-0.4, -0.2) is 27.6 Å². The van der Waals surface area contributed by atoms with E-state index in [1.807, 2.05) is 33.8 Å². The van der Waals surface area contributed by atoms with Crippen molar-refractivity contribution in [3.8, 4) is 5.88 Å². The molecule has 0 spiro atoms. The molecule has 0 amide bonds. The van der Waals surface area contributed by atoms with Gasteiger partial charge in [-0.1, -0.05) is 0 Å². The van der Waals surface area contributed by atoms with Gasteiger partial charge in [-0.05, 0) is 27.7 Å². The largest absolute Gasteiger partial charge is 0.475 e. The Hall–Kier alpha value is -1.69. The smallest absolute Gasteiger partial charge is 0.226 e. The molecule has 0 radical (unpaired) electrons. The zero-order chi connectivity index (χ0) is 14.5. The number of hydrogen-bond acceptors (Lipinski definition) is 6. The van der Waals surface area contributed by atoms with Gasteiger partial charge in [0.1, 0.15) is 0 Å². The fraction of sp³-hybridized carbons (Fsp3) is 0.500. The van der Waals surface area contributed by atoms with Crippen LogP contribution in [0.25, 0.3) is 0 Å². The highest BCUT2D eigenvalue weighted by atomic mass is 32.1. The summed E-state index contributed by atoms with van der Waals surface area (Å²) >= 11 is 1.68. The lowest BCUT2D eigenvalue weighted by atomic mass is 10.4. The van der Waals surface area contributed by atoms with E-state index in [1.54, 1.807) is 11.3 Å². The predicted molar refractivity (Wildman–Crippen MR) is 81.6 cm³/mol. The highest BCUT2D eigenvalue weighted by Gasteiger charge is 2.05. The standard InChI is InChI=1S/C14H20N4OS/c1-9(2)19-12-7-10(3)17-14(18-12)15-6-5-13-16-11(4)8-20-13/h7-9H,5-6H2,1-4H3,(H,15,17,18). The minimum absolute atomic E-state index is 0.107. The number of ether oxygens (including phenoxy) is 1. The van der Waals surface area contributed by atoms with Crippen molar-refractivity contribution in [2.24, 2.45) is 0 Å². The lowest BCUT2D eigenvalue weighted by molar-refractivity contribution is 0.232. The molecule has 0 unspecified atom stereocenters. The predicted octanol–water partition coefficient (Wildman–Crippen LogP) is 2.99. The van der Waals surface area contributed by atoms with E-state index in [9.17, 15) is 0 Å². The zero-order valence-corrected chi connectivity index (χ0v) is 13.1. The average Bonchev–Trinajstić information content (AvgIpc) is 2.73. The summed E-state index contributed by atoms with van der Waals surface area (Å²) in [5, 5.41) is 6.41. The van der Waals surface area contributed by atoms with Crippen molar-refractivity contribution < 1.29 is 4.74 Å². The minimum Gasteiger partial charge on any atom is -0.475 e. The van der Waals surface area contributed by atoms with Gasteiger partial charge in [-0.3, -0.25) is 0 Å². The molecule has 0 saturated heterocycles. The van der Waals surface area contributed by atoms with Crippen LogP contribution in [0, 0.1) is 13.8 Å². The Morgan fingerprint density at radius 1 is 1.20 bits per heavy atom. The van der Waals surface area contributed by atoms with Crippen molar-refractivity contribution in [1.82, 2.24) is 15.0 Å². The first-order valence-electron chi connectivity index (χ1n) is 6.70. The second-order valence-corrected chi connectivity index (χ2v) is 5.84. The molecule has 2 aromatic heterocycles. The number of nitrogens with one attached hydrogen (secondary N) is 1. The molecule has 0 aliphatic heterocycles. The summed E-state index contributed by atoms with van der Waals surface area (Å²) in [5.41, 5.74) is 1.97. The molecule has 2 aromatic rings. The van der Waals surface area contributed by atoms with Gasteiger partial charge in [0.05, 0.1) is 11.1 Å². The van der Waals surface area contributed by atoms with Gasteiger partial charge in [-0.25, -0.2) is 9.97 Å². The molecule has 0 aliphatic carbocycles. The van der Waals surface area contributed by atoms with Gasteiger partial charge < -0.3 is 10.1 Å². The summed E-state index contributed by atoms with van der Waals surface area (Å²) in [4.78, 5) is 13.1. The van der Waals surface area contributed by atoms with Crippen LogP contribution in [0.1, 0.15) is 30.2 Å². The number of nitrogens with zero attached hydrogens (tertiary/aromatic N) is 3. The number of aryl methyl sites for hydroxylation is 2. The molecule has 6 heteroatoms. The fourth-order valence-corrected chi connectivity index (χ4v) is 2.50. The second kappa shape index (κ2) is 6.65. The average molecular weight is 292 g/mol. The number of aromatic nitrogens is 3. The summed E-state index contributed by atoms with van der Waals surface area (Å²) in [6.45, 7) is 8.67. The van der Waals surface area contributed by atoms with E-state index in [2.05, 4.69) is 25.6 Å². The number of anilines is 1. The van der Waals surface area contributed by atoms with Crippen LogP contribution < -0.4 is 10.1 Å². The van der Waals surface area contributed by atoms with E-state index < -0.39 is 0 Å². The summed E-state index contributed by atoms with van der Waals surface area (Å²) in [5.74, 6) is 1.22. The van der Waals surface area contributed by atoms with E-state index in [4.69, 9.17) is 4.74 Å². The maximum atomic E-state index is 5.60. The van der Waals surface area contributed by atoms with Crippen LogP contribution in [0.5, 0.6) is 5.88 Å². The van der Waals surface area contributed by atoms with Crippen molar-refractivity contribution in [3.63, 3.8) is 0 Å². The van der Waals surface area contributed by atoms with E-state index in [-0.39, 0.29) is 6.10 Å². The van der Waals surface area contributed by atoms with Crippen molar-refractivity contribution >= 4 is 17.3 Å². The molecule has 0 aliphatic rings. The van der Waals surface area contributed by atoms with Gasteiger partial charge in [0.25, 0.3) is 0 Å². The molecule has 0 saturated carbocycles. The van der Waals surface area contributed by atoms with Crippen molar-refractivity contribution in [1.29, 1.82) is 0 Å². The Kier molecular flexibility index (Phi) is 4.89. The molecule has 0 bridgehead atoms. The fourth-order valence-electron chi connectivity index (χ4n) is 1.72. The second-order valence-electron chi connectivity index (χ2n) is 4.90. The minimum atomic E-state index is 0.107. The lowest BCUT2D eigenvalue weighted by Crippen LogP contribution is -2.11. The van der Waals surface area contributed by atoms with Crippen molar-refractivity contribution in [3.05, 3.63) is 27.8 Å². The molecular formula is C14H20N4OS. The Labute approximate surface area is 123 Å². The van der Waals surface area contributed by atoms with Crippen molar-refractivity contribution in [2.75, 3.05) is 11.9 Å². The van der Waals surface area contributed by atoms with Gasteiger partial charge in [0, 0.05) is 35.8 Å². The van der Waals surface area contributed by atoms with E-state index in [0.717, 1.165) is 29.4 Å². The van der Waals surface area contributed by atoms with E-state index in [0.29, 0.717) is 11.8 Å². The highest BCUT2D eigenvalue weighted by Crippen LogP contribution is 2.14. The first kappa shape index (κ1) is 14.7. The summed E-state index contributed by atoms with van der Waals surface area (Å²) in [6.07, 6.45) is 0.978. The molecule has 0 fully saturated rings. The normalized spacial score (nSPS) is 10.8. The maximum absolute atomic E-state index is 5.60. The van der Waals surface area contributed by atoms with Crippen LogP contribution in [0.4, 0.5) is 5.95 Å². The molecule has 0 aromatic carbocycles. The monoisotopic (exact) mass is 292 g/mol. The van der Waals surface area contributed by atoms with Crippen LogP contribution in [-0.2, 0) is 6.42 Å². The van der Waals surface area contributed by atoms with Crippen LogP contribution >= 0.6 is 11.3 Å². The lowest BCUT2D eigenvalue weighted by Gasteiger charge is -2.11. The number of thiazole rings is 1. The van der Waals surface area contributed by atoms with Gasteiger partial charge in [0.2, 0.25) is 11.8 Å². The Bertz CT molecular complexity index is 568. The maximum Gasteiger partial charge on any atom is 0.226 e. The van der Waals surface area contributed by atoms with E-state index >= 15 is 0 Å². The molecule has 1 N–H and O–H groups in total. The van der Waals surface area contributed by atoms with Crippen molar-refractivity contribution in [2.45, 2.75) is 40.2 Å². The molecule has 2 rings (SSSR count). The molecular weight excluding hydrogens is 272 g/mol.